The summed E-state index contributed by atoms with van der Waals surface area (Å²) in [6, 6.07) is 1.83. The largest absolute Gasteiger partial charge is 0.378 e. The van der Waals surface area contributed by atoms with Gasteiger partial charge in [0.2, 0.25) is 11.9 Å². The van der Waals surface area contributed by atoms with Gasteiger partial charge in [-0.2, -0.15) is 0 Å². The minimum absolute atomic E-state index is 0.256. The number of nitrogen functional groups attached to an aromatic ring is 1. The molecule has 0 saturated carbocycles. The zero-order chi connectivity index (χ0) is 13.1. The minimum Gasteiger partial charge on any atom is -0.378 e. The number of anilines is 2. The molecule has 2 aromatic rings. The molecule has 1 saturated heterocycles. The maximum Gasteiger partial charge on any atom is 0.226 e. The quantitative estimate of drug-likeness (QED) is 0.831. The van der Waals surface area contributed by atoms with Gasteiger partial charge in [-0.1, -0.05) is 0 Å². The molecule has 98 valence electrons. The second-order valence-corrected chi connectivity index (χ2v) is 4.17. The highest BCUT2D eigenvalue weighted by molar-refractivity contribution is 5.58. The Balaban J connectivity index is 1.88. The van der Waals surface area contributed by atoms with Crippen molar-refractivity contribution >= 4 is 11.9 Å². The summed E-state index contributed by atoms with van der Waals surface area (Å²) in [7, 11) is 0. The van der Waals surface area contributed by atoms with Crippen LogP contribution in [0, 0.1) is 0 Å². The number of ether oxygens (including phenoxy) is 1. The number of hydrogen-bond acceptors (Lipinski definition) is 7. The molecule has 0 spiro atoms. The van der Waals surface area contributed by atoms with Crippen LogP contribution in [0.5, 0.6) is 0 Å². The van der Waals surface area contributed by atoms with Crippen LogP contribution in [0.15, 0.2) is 24.7 Å². The molecule has 0 aromatic carbocycles. The maximum atomic E-state index is 5.47. The van der Waals surface area contributed by atoms with Gasteiger partial charge in [0.15, 0.2) is 0 Å². The van der Waals surface area contributed by atoms with E-state index >= 15 is 0 Å². The summed E-state index contributed by atoms with van der Waals surface area (Å²) in [6.45, 7) is 3.03. The third kappa shape index (κ3) is 2.60. The monoisotopic (exact) mass is 258 g/mol. The molecule has 1 fully saturated rings. The summed E-state index contributed by atoms with van der Waals surface area (Å²) in [5.74, 6) is 0.962. The average Bonchev–Trinajstić information content (AvgIpc) is 2.49. The van der Waals surface area contributed by atoms with E-state index in [0.717, 1.165) is 24.3 Å². The topological polar surface area (TPSA) is 90.0 Å². The van der Waals surface area contributed by atoms with Crippen molar-refractivity contribution in [1.82, 2.24) is 19.9 Å². The van der Waals surface area contributed by atoms with Gasteiger partial charge in [0, 0.05) is 37.2 Å². The molecule has 3 heterocycles. The minimum atomic E-state index is 0.256. The third-order valence-corrected chi connectivity index (χ3v) is 2.90. The van der Waals surface area contributed by atoms with Crippen molar-refractivity contribution in [2.75, 3.05) is 36.9 Å². The van der Waals surface area contributed by atoms with Gasteiger partial charge in [0.1, 0.15) is 0 Å². The van der Waals surface area contributed by atoms with Crippen LogP contribution in [0.25, 0.3) is 11.3 Å². The fraction of sp³-hybridized carbons (Fsp3) is 0.333. The molecule has 2 aromatic heterocycles. The average molecular weight is 258 g/mol. The number of aromatic nitrogens is 4. The van der Waals surface area contributed by atoms with Crippen molar-refractivity contribution in [2.24, 2.45) is 0 Å². The Bertz CT molecular complexity index is 552. The molecule has 1 aliphatic heterocycles. The van der Waals surface area contributed by atoms with Gasteiger partial charge in [-0.05, 0) is 6.07 Å². The Labute approximate surface area is 110 Å². The van der Waals surface area contributed by atoms with Gasteiger partial charge < -0.3 is 15.4 Å². The van der Waals surface area contributed by atoms with Gasteiger partial charge in [-0.25, -0.2) is 19.9 Å². The molecule has 1 aliphatic rings. The van der Waals surface area contributed by atoms with Crippen molar-refractivity contribution in [3.8, 4) is 11.3 Å². The molecule has 0 aliphatic carbocycles. The highest BCUT2D eigenvalue weighted by Crippen LogP contribution is 2.18. The number of nitrogens with two attached hydrogens (primary N) is 1. The van der Waals surface area contributed by atoms with Crippen molar-refractivity contribution in [3.63, 3.8) is 0 Å². The van der Waals surface area contributed by atoms with E-state index in [2.05, 4.69) is 24.8 Å². The number of hydrogen-bond donors (Lipinski definition) is 1. The van der Waals surface area contributed by atoms with Gasteiger partial charge >= 0.3 is 0 Å². The molecule has 0 unspecified atom stereocenters. The van der Waals surface area contributed by atoms with Crippen LogP contribution in [0.2, 0.25) is 0 Å². The van der Waals surface area contributed by atoms with Gasteiger partial charge in [-0.3, -0.25) is 0 Å². The molecule has 7 nitrogen and oxygen atoms in total. The first kappa shape index (κ1) is 11.8. The first-order valence-corrected chi connectivity index (χ1v) is 6.06. The molecule has 0 amide bonds. The number of morpholine rings is 1. The summed E-state index contributed by atoms with van der Waals surface area (Å²) in [4.78, 5) is 18.9. The van der Waals surface area contributed by atoms with Crippen molar-refractivity contribution in [3.05, 3.63) is 24.7 Å². The molecule has 0 radical (unpaired) electrons. The van der Waals surface area contributed by atoms with Crippen LogP contribution in [0.4, 0.5) is 11.9 Å². The standard InChI is InChI=1S/C12H14N6O/c13-11-15-7-9(8-16-11)10-1-2-14-12(17-10)18-3-5-19-6-4-18/h1-2,7-8H,3-6H2,(H2,13,15,16). The number of nitrogens with zero attached hydrogens (tertiary/aromatic N) is 5. The highest BCUT2D eigenvalue weighted by Gasteiger charge is 2.14. The van der Waals surface area contributed by atoms with Crippen LogP contribution in [-0.4, -0.2) is 46.2 Å². The first-order valence-electron chi connectivity index (χ1n) is 6.06. The molecule has 0 atom stereocenters. The van der Waals surface area contributed by atoms with E-state index in [9.17, 15) is 0 Å². The fourth-order valence-corrected chi connectivity index (χ4v) is 1.90. The second kappa shape index (κ2) is 5.15. The van der Waals surface area contributed by atoms with Crippen molar-refractivity contribution in [2.45, 2.75) is 0 Å². The summed E-state index contributed by atoms with van der Waals surface area (Å²) in [5.41, 5.74) is 7.09. The third-order valence-electron chi connectivity index (χ3n) is 2.90. The van der Waals surface area contributed by atoms with Crippen LogP contribution in [0.1, 0.15) is 0 Å². The van der Waals surface area contributed by atoms with E-state index in [1.807, 2.05) is 6.07 Å². The smallest absolute Gasteiger partial charge is 0.226 e. The molecule has 7 heteroatoms. The predicted molar refractivity (Wildman–Crippen MR) is 70.5 cm³/mol. The Morgan fingerprint density at radius 2 is 1.84 bits per heavy atom. The Kier molecular flexibility index (Phi) is 3.20. The zero-order valence-corrected chi connectivity index (χ0v) is 10.4. The van der Waals surface area contributed by atoms with Crippen LogP contribution >= 0.6 is 0 Å². The molecule has 3 rings (SSSR count). The first-order chi connectivity index (χ1) is 9.33. The Hall–Kier alpha value is -2.28. The Morgan fingerprint density at radius 3 is 2.58 bits per heavy atom. The summed E-state index contributed by atoms with van der Waals surface area (Å²) in [6.07, 6.45) is 5.06. The summed E-state index contributed by atoms with van der Waals surface area (Å²) in [5, 5.41) is 0. The van der Waals surface area contributed by atoms with Gasteiger partial charge in [-0.15, -0.1) is 0 Å². The lowest BCUT2D eigenvalue weighted by atomic mass is 10.2. The summed E-state index contributed by atoms with van der Waals surface area (Å²) >= 11 is 0. The SMILES string of the molecule is Nc1ncc(-c2ccnc(N3CCOCC3)n2)cn1. The molecule has 0 bridgehead atoms. The number of rotatable bonds is 2. The molecular formula is C12H14N6O. The van der Waals surface area contributed by atoms with Crippen LogP contribution in [0.3, 0.4) is 0 Å². The predicted octanol–water partition coefficient (Wildman–Crippen LogP) is 0.352. The van der Waals surface area contributed by atoms with Crippen molar-refractivity contribution in [1.29, 1.82) is 0 Å². The van der Waals surface area contributed by atoms with Crippen LogP contribution in [-0.2, 0) is 4.74 Å². The molecular weight excluding hydrogens is 244 g/mol. The normalized spacial score (nSPS) is 15.5. The zero-order valence-electron chi connectivity index (χ0n) is 10.4. The van der Waals surface area contributed by atoms with Gasteiger partial charge in [0.05, 0.1) is 18.9 Å². The van der Waals surface area contributed by atoms with Gasteiger partial charge in [0.25, 0.3) is 0 Å². The highest BCUT2D eigenvalue weighted by atomic mass is 16.5. The Morgan fingerprint density at radius 1 is 1.11 bits per heavy atom. The van der Waals surface area contributed by atoms with E-state index in [0.29, 0.717) is 19.2 Å². The fourth-order valence-electron chi connectivity index (χ4n) is 1.90. The van der Waals surface area contributed by atoms with E-state index in [-0.39, 0.29) is 5.95 Å². The summed E-state index contributed by atoms with van der Waals surface area (Å²) < 4.78 is 5.32. The molecule has 2 N–H and O–H groups in total. The lowest BCUT2D eigenvalue weighted by molar-refractivity contribution is 0.122. The van der Waals surface area contributed by atoms with Crippen molar-refractivity contribution < 1.29 is 4.74 Å². The van der Waals surface area contributed by atoms with E-state index < -0.39 is 0 Å². The maximum absolute atomic E-state index is 5.47. The lowest BCUT2D eigenvalue weighted by Gasteiger charge is -2.26. The van der Waals surface area contributed by atoms with Crippen LogP contribution < -0.4 is 10.6 Å². The van der Waals surface area contributed by atoms with E-state index in [1.54, 1.807) is 18.6 Å². The molecule has 19 heavy (non-hydrogen) atoms. The van der Waals surface area contributed by atoms with E-state index in [1.165, 1.54) is 0 Å². The second-order valence-electron chi connectivity index (χ2n) is 4.17. The van der Waals surface area contributed by atoms with E-state index in [4.69, 9.17) is 10.5 Å². The lowest BCUT2D eigenvalue weighted by Crippen LogP contribution is -2.37.